The van der Waals surface area contributed by atoms with Crippen molar-refractivity contribution in [2.45, 2.75) is 52.0 Å². The quantitative estimate of drug-likeness (QED) is 0.768. The number of rotatable bonds is 6. The van der Waals surface area contributed by atoms with Crippen LogP contribution >= 0.6 is 0 Å². The summed E-state index contributed by atoms with van der Waals surface area (Å²) >= 11 is 0. The van der Waals surface area contributed by atoms with Gasteiger partial charge in [0.05, 0.1) is 5.92 Å². The maximum atomic E-state index is 13.5. The van der Waals surface area contributed by atoms with E-state index in [0.717, 1.165) is 31.0 Å². The standard InChI is InChI=1S/C22H29F2N3O3/c1-3-14(4-2)22(30)26-7-5-18(6-8-26)25-21(29)15-9-20(28)27(13-15)19-11-16(23)10-17(24)12-19/h10-12,14-15,18H,3-9,13H2,1-2H3,(H,25,29). The van der Waals surface area contributed by atoms with Gasteiger partial charge in [0.1, 0.15) is 11.6 Å². The van der Waals surface area contributed by atoms with Crippen molar-refractivity contribution in [3.8, 4) is 0 Å². The summed E-state index contributed by atoms with van der Waals surface area (Å²) in [5.41, 5.74) is 0.126. The number of benzene rings is 1. The summed E-state index contributed by atoms with van der Waals surface area (Å²) < 4.78 is 26.9. The van der Waals surface area contributed by atoms with E-state index in [-0.39, 0.29) is 48.3 Å². The zero-order chi connectivity index (χ0) is 21.8. The predicted molar refractivity (Wildman–Crippen MR) is 109 cm³/mol. The molecule has 3 rings (SSSR count). The molecule has 164 valence electrons. The van der Waals surface area contributed by atoms with Crippen LogP contribution in [-0.4, -0.2) is 48.3 Å². The number of hydrogen-bond donors (Lipinski definition) is 1. The Bertz CT molecular complexity index is 785. The molecule has 1 aromatic rings. The molecule has 2 aliphatic heterocycles. The van der Waals surface area contributed by atoms with Gasteiger partial charge in [-0.3, -0.25) is 14.4 Å². The van der Waals surface area contributed by atoms with Crippen LogP contribution in [0.3, 0.4) is 0 Å². The highest BCUT2D eigenvalue weighted by atomic mass is 19.1. The van der Waals surface area contributed by atoms with Crippen LogP contribution in [0.15, 0.2) is 18.2 Å². The first-order chi connectivity index (χ1) is 14.3. The van der Waals surface area contributed by atoms with Crippen molar-refractivity contribution < 1.29 is 23.2 Å². The van der Waals surface area contributed by atoms with E-state index in [4.69, 9.17) is 0 Å². The topological polar surface area (TPSA) is 69.7 Å². The molecule has 2 aliphatic rings. The Labute approximate surface area is 175 Å². The van der Waals surface area contributed by atoms with Crippen LogP contribution in [0, 0.1) is 23.5 Å². The van der Waals surface area contributed by atoms with Gasteiger partial charge >= 0.3 is 0 Å². The summed E-state index contributed by atoms with van der Waals surface area (Å²) in [5.74, 6) is -2.41. The van der Waals surface area contributed by atoms with Gasteiger partial charge in [0.2, 0.25) is 17.7 Å². The predicted octanol–water partition coefficient (Wildman–Crippen LogP) is 2.86. The Hall–Kier alpha value is -2.51. The van der Waals surface area contributed by atoms with Crippen LogP contribution in [0.25, 0.3) is 0 Å². The molecule has 0 aromatic heterocycles. The van der Waals surface area contributed by atoms with Crippen molar-refractivity contribution >= 4 is 23.4 Å². The summed E-state index contributed by atoms with van der Waals surface area (Å²) in [6.45, 7) is 5.35. The fourth-order valence-corrected chi connectivity index (χ4v) is 4.29. The molecule has 2 fully saturated rings. The Morgan fingerprint density at radius 3 is 2.27 bits per heavy atom. The third kappa shape index (κ3) is 4.96. The number of likely N-dealkylation sites (tertiary alicyclic amines) is 1. The number of anilines is 1. The molecule has 1 unspecified atom stereocenters. The summed E-state index contributed by atoms with van der Waals surface area (Å²) in [6, 6.07) is 2.88. The minimum absolute atomic E-state index is 0.00990. The number of nitrogens with zero attached hydrogens (tertiary/aromatic N) is 2. The largest absolute Gasteiger partial charge is 0.353 e. The maximum absolute atomic E-state index is 13.5. The summed E-state index contributed by atoms with van der Waals surface area (Å²) in [4.78, 5) is 40.6. The van der Waals surface area contributed by atoms with Gasteiger partial charge in [-0.15, -0.1) is 0 Å². The molecule has 0 saturated carbocycles. The first kappa shape index (κ1) is 22.2. The van der Waals surface area contributed by atoms with Crippen LogP contribution in [-0.2, 0) is 14.4 Å². The van der Waals surface area contributed by atoms with Gasteiger partial charge in [-0.2, -0.15) is 0 Å². The van der Waals surface area contributed by atoms with Crippen LogP contribution in [0.2, 0.25) is 0 Å². The molecule has 0 radical (unpaired) electrons. The first-order valence-electron chi connectivity index (χ1n) is 10.7. The zero-order valence-corrected chi connectivity index (χ0v) is 17.5. The minimum atomic E-state index is -0.764. The third-order valence-corrected chi connectivity index (χ3v) is 6.14. The molecule has 0 aliphatic carbocycles. The molecule has 8 heteroatoms. The van der Waals surface area contributed by atoms with Crippen molar-refractivity contribution in [3.05, 3.63) is 29.8 Å². The lowest BCUT2D eigenvalue weighted by Gasteiger charge is -2.34. The Balaban J connectivity index is 1.52. The van der Waals surface area contributed by atoms with Crippen LogP contribution in [0.4, 0.5) is 14.5 Å². The fourth-order valence-electron chi connectivity index (χ4n) is 4.29. The van der Waals surface area contributed by atoms with E-state index in [1.54, 1.807) is 0 Å². The van der Waals surface area contributed by atoms with E-state index in [1.165, 1.54) is 4.90 Å². The van der Waals surface area contributed by atoms with Gasteiger partial charge in [0, 0.05) is 49.8 Å². The second kappa shape index (κ2) is 9.53. The molecular formula is C22H29F2N3O3. The molecular weight excluding hydrogens is 392 g/mol. The highest BCUT2D eigenvalue weighted by Gasteiger charge is 2.37. The van der Waals surface area contributed by atoms with E-state index < -0.39 is 17.6 Å². The summed E-state index contributed by atoms with van der Waals surface area (Å²) in [6.07, 6.45) is 3.02. The molecule has 2 saturated heterocycles. The molecule has 2 heterocycles. The number of carbonyl (C=O) groups is 3. The van der Waals surface area contributed by atoms with Crippen molar-refractivity contribution in [1.29, 1.82) is 0 Å². The van der Waals surface area contributed by atoms with E-state index in [2.05, 4.69) is 5.32 Å². The average Bonchev–Trinajstić information content (AvgIpc) is 3.10. The first-order valence-corrected chi connectivity index (χ1v) is 10.7. The molecule has 30 heavy (non-hydrogen) atoms. The average molecular weight is 421 g/mol. The van der Waals surface area contributed by atoms with E-state index >= 15 is 0 Å². The number of piperidine rings is 1. The highest BCUT2D eigenvalue weighted by Crippen LogP contribution is 2.27. The maximum Gasteiger partial charge on any atom is 0.227 e. The third-order valence-electron chi connectivity index (χ3n) is 6.14. The lowest BCUT2D eigenvalue weighted by Crippen LogP contribution is -2.49. The molecule has 0 bridgehead atoms. The normalized spacial score (nSPS) is 20.2. The van der Waals surface area contributed by atoms with E-state index in [1.807, 2.05) is 18.7 Å². The smallest absolute Gasteiger partial charge is 0.227 e. The summed E-state index contributed by atoms with van der Waals surface area (Å²) in [5, 5.41) is 2.99. The zero-order valence-electron chi connectivity index (χ0n) is 17.5. The number of nitrogens with one attached hydrogen (secondary N) is 1. The second-order valence-electron chi connectivity index (χ2n) is 8.15. The molecule has 1 atom stereocenters. The van der Waals surface area contributed by atoms with Gasteiger partial charge in [0.15, 0.2) is 0 Å². The fraction of sp³-hybridized carbons (Fsp3) is 0.591. The molecule has 1 aromatic carbocycles. The van der Waals surface area contributed by atoms with E-state index in [9.17, 15) is 23.2 Å². The van der Waals surface area contributed by atoms with Crippen molar-refractivity contribution in [2.24, 2.45) is 11.8 Å². The van der Waals surface area contributed by atoms with Crippen LogP contribution in [0.5, 0.6) is 0 Å². The van der Waals surface area contributed by atoms with Crippen LogP contribution < -0.4 is 10.2 Å². The lowest BCUT2D eigenvalue weighted by atomic mass is 9.98. The second-order valence-corrected chi connectivity index (χ2v) is 8.15. The molecule has 1 N–H and O–H groups in total. The minimum Gasteiger partial charge on any atom is -0.353 e. The van der Waals surface area contributed by atoms with Crippen LogP contribution in [0.1, 0.15) is 46.0 Å². The van der Waals surface area contributed by atoms with Crippen molar-refractivity contribution in [1.82, 2.24) is 10.2 Å². The van der Waals surface area contributed by atoms with Gasteiger partial charge in [-0.1, -0.05) is 13.8 Å². The number of amides is 3. The molecule has 3 amide bonds. The molecule has 0 spiro atoms. The van der Waals surface area contributed by atoms with Crippen molar-refractivity contribution in [2.75, 3.05) is 24.5 Å². The summed E-state index contributed by atoms with van der Waals surface area (Å²) in [7, 11) is 0. The van der Waals surface area contributed by atoms with E-state index in [0.29, 0.717) is 25.9 Å². The number of halogens is 2. The van der Waals surface area contributed by atoms with Gasteiger partial charge in [-0.25, -0.2) is 8.78 Å². The van der Waals surface area contributed by atoms with Crippen molar-refractivity contribution in [3.63, 3.8) is 0 Å². The van der Waals surface area contributed by atoms with Gasteiger partial charge in [-0.05, 0) is 37.8 Å². The van der Waals surface area contributed by atoms with Gasteiger partial charge < -0.3 is 15.1 Å². The Morgan fingerprint density at radius 2 is 1.70 bits per heavy atom. The lowest BCUT2D eigenvalue weighted by molar-refractivity contribution is -0.137. The SMILES string of the molecule is CCC(CC)C(=O)N1CCC(NC(=O)C2CC(=O)N(c3cc(F)cc(F)c3)C2)CC1. The monoisotopic (exact) mass is 421 g/mol. The number of carbonyl (C=O) groups excluding carboxylic acids is 3. The van der Waals surface area contributed by atoms with Gasteiger partial charge in [0.25, 0.3) is 0 Å². The molecule has 6 nitrogen and oxygen atoms in total. The Morgan fingerprint density at radius 1 is 1.10 bits per heavy atom. The highest BCUT2D eigenvalue weighted by molar-refractivity contribution is 6.00. The number of hydrogen-bond acceptors (Lipinski definition) is 3. The Kier molecular flexibility index (Phi) is 7.05.